The summed E-state index contributed by atoms with van der Waals surface area (Å²) in [6, 6.07) is 2.18. The first-order valence-electron chi connectivity index (χ1n) is 8.38. The van der Waals surface area contributed by atoms with E-state index in [4.69, 9.17) is 4.42 Å². The first kappa shape index (κ1) is 12.9. The van der Waals surface area contributed by atoms with Crippen LogP contribution in [0.1, 0.15) is 55.6 Å². The molecule has 4 aliphatic rings. The molecule has 110 valence electrons. The predicted octanol–water partition coefficient (Wildman–Crippen LogP) is 4.20. The third kappa shape index (κ3) is 2.22. The van der Waals surface area contributed by atoms with Gasteiger partial charge in [-0.3, -0.25) is 0 Å². The van der Waals surface area contributed by atoms with Gasteiger partial charge in [-0.2, -0.15) is 0 Å². The molecule has 0 spiro atoms. The fourth-order valence-electron chi connectivity index (χ4n) is 5.83. The van der Waals surface area contributed by atoms with Gasteiger partial charge in [0.2, 0.25) is 0 Å². The van der Waals surface area contributed by atoms with Crippen molar-refractivity contribution in [2.75, 3.05) is 6.54 Å². The lowest BCUT2D eigenvalue weighted by Crippen LogP contribution is -2.50. The maximum Gasteiger partial charge on any atom is 0.105 e. The Labute approximate surface area is 122 Å². The van der Waals surface area contributed by atoms with Gasteiger partial charge in [0.05, 0.1) is 0 Å². The minimum Gasteiger partial charge on any atom is -0.466 e. The van der Waals surface area contributed by atoms with E-state index in [-0.39, 0.29) is 0 Å². The molecule has 4 saturated carbocycles. The Kier molecular flexibility index (Phi) is 2.99. The Morgan fingerprint density at radius 2 is 1.70 bits per heavy atom. The summed E-state index contributed by atoms with van der Waals surface area (Å²) in [5.41, 5.74) is 1.98. The van der Waals surface area contributed by atoms with Crippen LogP contribution in [-0.4, -0.2) is 6.54 Å². The van der Waals surface area contributed by atoms with Crippen LogP contribution in [0, 0.1) is 37.0 Å². The SMILES string of the molecule is Cc1cc(CNCC23CC4CC(CC(C4)C2)C3)c(C)o1. The van der Waals surface area contributed by atoms with E-state index in [1.165, 1.54) is 50.6 Å². The molecule has 1 heterocycles. The second kappa shape index (κ2) is 4.62. The number of rotatable bonds is 4. The van der Waals surface area contributed by atoms with Gasteiger partial charge in [-0.15, -0.1) is 0 Å². The van der Waals surface area contributed by atoms with Crippen molar-refractivity contribution in [3.05, 3.63) is 23.2 Å². The Morgan fingerprint density at radius 1 is 1.10 bits per heavy atom. The molecule has 2 heteroatoms. The van der Waals surface area contributed by atoms with Crippen molar-refractivity contribution in [1.29, 1.82) is 0 Å². The van der Waals surface area contributed by atoms with Gasteiger partial charge >= 0.3 is 0 Å². The molecule has 0 saturated heterocycles. The van der Waals surface area contributed by atoms with E-state index in [9.17, 15) is 0 Å². The second-order valence-corrected chi connectivity index (χ2v) is 7.96. The van der Waals surface area contributed by atoms with Gasteiger partial charge in [0.15, 0.2) is 0 Å². The highest BCUT2D eigenvalue weighted by atomic mass is 16.3. The summed E-state index contributed by atoms with van der Waals surface area (Å²) in [4.78, 5) is 0. The molecule has 0 atom stereocenters. The van der Waals surface area contributed by atoms with Gasteiger partial charge < -0.3 is 9.73 Å². The average Bonchev–Trinajstić information content (AvgIpc) is 2.66. The number of aryl methyl sites for hydroxylation is 2. The smallest absolute Gasteiger partial charge is 0.105 e. The first-order chi connectivity index (χ1) is 9.62. The minimum atomic E-state index is 0.640. The standard InChI is InChI=1S/C18H27NO/c1-12-3-17(13(2)20-12)10-19-11-18-7-14-4-15(8-18)6-16(5-14)9-18/h3,14-16,19H,4-11H2,1-2H3. The Balaban J connectivity index is 1.39. The summed E-state index contributed by atoms with van der Waals surface area (Å²) in [5.74, 6) is 5.29. The van der Waals surface area contributed by atoms with Gasteiger partial charge in [-0.05, 0) is 81.6 Å². The highest BCUT2D eigenvalue weighted by molar-refractivity contribution is 5.19. The zero-order chi connectivity index (χ0) is 13.7. The highest BCUT2D eigenvalue weighted by Gasteiger charge is 2.50. The monoisotopic (exact) mass is 273 g/mol. The van der Waals surface area contributed by atoms with Crippen LogP contribution in [0.3, 0.4) is 0 Å². The van der Waals surface area contributed by atoms with E-state index in [0.29, 0.717) is 5.41 Å². The molecule has 0 radical (unpaired) electrons. The molecule has 4 bridgehead atoms. The first-order valence-corrected chi connectivity index (χ1v) is 8.38. The fourth-order valence-corrected chi connectivity index (χ4v) is 5.83. The molecule has 5 rings (SSSR count). The number of nitrogens with one attached hydrogen (secondary N) is 1. The van der Waals surface area contributed by atoms with E-state index in [1.54, 1.807) is 0 Å². The Hall–Kier alpha value is -0.760. The Bertz CT molecular complexity index is 466. The van der Waals surface area contributed by atoms with E-state index < -0.39 is 0 Å². The fraction of sp³-hybridized carbons (Fsp3) is 0.778. The average molecular weight is 273 g/mol. The molecule has 4 fully saturated rings. The maximum atomic E-state index is 5.62. The molecule has 1 N–H and O–H groups in total. The molecular weight excluding hydrogens is 246 g/mol. The number of hydrogen-bond donors (Lipinski definition) is 1. The van der Waals surface area contributed by atoms with Crippen LogP contribution >= 0.6 is 0 Å². The van der Waals surface area contributed by atoms with Crippen molar-refractivity contribution < 1.29 is 4.42 Å². The largest absolute Gasteiger partial charge is 0.466 e. The van der Waals surface area contributed by atoms with E-state index in [2.05, 4.69) is 18.3 Å². The predicted molar refractivity (Wildman–Crippen MR) is 80.5 cm³/mol. The van der Waals surface area contributed by atoms with E-state index in [1.807, 2.05) is 6.92 Å². The molecule has 0 unspecified atom stereocenters. The van der Waals surface area contributed by atoms with Gasteiger partial charge in [-0.1, -0.05) is 0 Å². The molecule has 20 heavy (non-hydrogen) atoms. The lowest BCUT2D eigenvalue weighted by molar-refractivity contribution is -0.0514. The third-order valence-electron chi connectivity index (χ3n) is 6.12. The summed E-state index contributed by atoms with van der Waals surface area (Å²) < 4.78 is 5.62. The van der Waals surface area contributed by atoms with Crippen molar-refractivity contribution in [3.63, 3.8) is 0 Å². The number of hydrogen-bond acceptors (Lipinski definition) is 2. The summed E-state index contributed by atoms with van der Waals surface area (Å²) in [7, 11) is 0. The number of furan rings is 1. The summed E-state index contributed by atoms with van der Waals surface area (Å²) in [6.45, 7) is 6.31. The van der Waals surface area contributed by atoms with Gasteiger partial charge in [0.25, 0.3) is 0 Å². The van der Waals surface area contributed by atoms with Crippen LogP contribution in [0.25, 0.3) is 0 Å². The summed E-state index contributed by atoms with van der Waals surface area (Å²) in [5, 5.41) is 3.75. The second-order valence-electron chi connectivity index (χ2n) is 7.96. The normalized spacial score (nSPS) is 38.6. The van der Waals surface area contributed by atoms with Crippen molar-refractivity contribution in [1.82, 2.24) is 5.32 Å². The highest BCUT2D eigenvalue weighted by Crippen LogP contribution is 2.59. The molecule has 4 aliphatic carbocycles. The maximum absolute atomic E-state index is 5.62. The van der Waals surface area contributed by atoms with Crippen LogP contribution in [0.15, 0.2) is 10.5 Å². The zero-order valence-corrected chi connectivity index (χ0v) is 12.9. The molecule has 0 aliphatic heterocycles. The zero-order valence-electron chi connectivity index (χ0n) is 12.9. The van der Waals surface area contributed by atoms with Gasteiger partial charge in [0.1, 0.15) is 11.5 Å². The molecule has 1 aromatic heterocycles. The third-order valence-corrected chi connectivity index (χ3v) is 6.12. The van der Waals surface area contributed by atoms with Crippen LogP contribution in [0.4, 0.5) is 0 Å². The minimum absolute atomic E-state index is 0.640. The molecular formula is C18H27NO. The van der Waals surface area contributed by atoms with Gasteiger partial charge in [0, 0.05) is 18.7 Å². The molecule has 2 nitrogen and oxygen atoms in total. The molecule has 1 aromatic rings. The van der Waals surface area contributed by atoms with Crippen LogP contribution < -0.4 is 5.32 Å². The van der Waals surface area contributed by atoms with E-state index in [0.717, 1.165) is 35.8 Å². The van der Waals surface area contributed by atoms with Crippen molar-refractivity contribution in [2.24, 2.45) is 23.2 Å². The van der Waals surface area contributed by atoms with Crippen molar-refractivity contribution in [2.45, 2.75) is 58.9 Å². The quantitative estimate of drug-likeness (QED) is 0.889. The van der Waals surface area contributed by atoms with Crippen LogP contribution in [0.5, 0.6) is 0 Å². The lowest BCUT2D eigenvalue weighted by Gasteiger charge is -2.57. The Morgan fingerprint density at radius 3 is 2.20 bits per heavy atom. The molecule has 0 amide bonds. The lowest BCUT2D eigenvalue weighted by atomic mass is 9.49. The van der Waals surface area contributed by atoms with E-state index >= 15 is 0 Å². The van der Waals surface area contributed by atoms with Crippen LogP contribution in [0.2, 0.25) is 0 Å². The van der Waals surface area contributed by atoms with Crippen LogP contribution in [-0.2, 0) is 6.54 Å². The molecule has 0 aromatic carbocycles. The topological polar surface area (TPSA) is 25.2 Å². The van der Waals surface area contributed by atoms with Gasteiger partial charge in [-0.25, -0.2) is 0 Å². The summed E-state index contributed by atoms with van der Waals surface area (Å²) in [6.07, 6.45) is 9.11. The summed E-state index contributed by atoms with van der Waals surface area (Å²) >= 11 is 0. The van der Waals surface area contributed by atoms with Crippen molar-refractivity contribution >= 4 is 0 Å². The van der Waals surface area contributed by atoms with Crippen molar-refractivity contribution in [3.8, 4) is 0 Å².